The number of fused-ring (bicyclic) bond motifs is 1. The summed E-state index contributed by atoms with van der Waals surface area (Å²) in [6, 6.07) is 16.7. The number of nitrogens with two attached hydrogens (primary N) is 1. The number of rotatable bonds is 9. The number of ketones is 1. The highest BCUT2D eigenvalue weighted by molar-refractivity contribution is 5.91. The predicted octanol–water partition coefficient (Wildman–Crippen LogP) is 11.4. The molecule has 0 amide bonds. The quantitative estimate of drug-likeness (QED) is 0.168. The fraction of sp³-hybridized carbons (Fsp3) is 0.465. The monoisotopic (exact) mass is 643 g/mol. The zero-order valence-corrected chi connectivity index (χ0v) is 31.8. The molecule has 0 saturated heterocycles. The highest BCUT2D eigenvalue weighted by atomic mass is 16.5. The Morgan fingerprint density at radius 2 is 1.51 bits per heavy atom. The number of hydrogen-bond acceptors (Lipinski definition) is 4. The van der Waals surface area contributed by atoms with Gasteiger partial charge >= 0.3 is 0 Å². The van der Waals surface area contributed by atoms with Gasteiger partial charge in [0.25, 0.3) is 0 Å². The summed E-state index contributed by atoms with van der Waals surface area (Å²) in [5.41, 5.74) is 13.9. The molecule has 0 unspecified atom stereocenters. The van der Waals surface area contributed by atoms with E-state index in [1.54, 1.807) is 6.92 Å². The second-order valence-corrected chi connectivity index (χ2v) is 11.9. The van der Waals surface area contributed by atoms with Crippen LogP contribution in [0.4, 0.5) is 0 Å². The van der Waals surface area contributed by atoms with E-state index in [0.717, 1.165) is 47.8 Å². The molecular formula is C43H66N2O2. The summed E-state index contributed by atoms with van der Waals surface area (Å²) in [6.07, 6.45) is 16.6. The van der Waals surface area contributed by atoms with E-state index >= 15 is 0 Å². The third-order valence-corrected chi connectivity index (χ3v) is 7.11. The Bertz CT molecular complexity index is 1280. The molecule has 0 spiro atoms. The molecule has 2 aliphatic rings. The van der Waals surface area contributed by atoms with Crippen LogP contribution in [0.5, 0.6) is 0 Å². The number of carbonyl (C=O) groups is 1. The van der Waals surface area contributed by atoms with E-state index in [-0.39, 0.29) is 11.9 Å². The van der Waals surface area contributed by atoms with Crippen molar-refractivity contribution in [1.82, 2.24) is 4.90 Å². The lowest BCUT2D eigenvalue weighted by Gasteiger charge is -2.27. The lowest BCUT2D eigenvalue weighted by atomic mass is 10.1. The first kappa shape index (κ1) is 43.2. The van der Waals surface area contributed by atoms with Crippen molar-refractivity contribution >= 4 is 11.5 Å². The molecule has 2 aromatic carbocycles. The van der Waals surface area contributed by atoms with Crippen LogP contribution in [0, 0.1) is 5.92 Å². The first-order valence-corrected chi connectivity index (χ1v) is 17.8. The molecule has 0 atom stereocenters. The number of hydrogen-bond donors (Lipinski definition) is 1. The molecule has 0 fully saturated rings. The summed E-state index contributed by atoms with van der Waals surface area (Å²) in [7, 11) is 0. The number of Topliss-reactive ketones (excluding diaryl/α,β-unsaturated/α-hetero) is 1. The second-order valence-electron chi connectivity index (χ2n) is 11.9. The largest absolute Gasteiger partial charge is 0.484 e. The summed E-state index contributed by atoms with van der Waals surface area (Å²) in [4.78, 5) is 14.7. The molecule has 2 aliphatic carbocycles. The third kappa shape index (κ3) is 17.1. The van der Waals surface area contributed by atoms with E-state index < -0.39 is 0 Å². The minimum atomic E-state index is -0.0332. The van der Waals surface area contributed by atoms with Gasteiger partial charge in [0.15, 0.2) is 11.5 Å². The number of benzene rings is 2. The van der Waals surface area contributed by atoms with Crippen molar-refractivity contribution in [2.45, 2.75) is 121 Å². The fourth-order valence-electron chi connectivity index (χ4n) is 4.87. The second kappa shape index (κ2) is 25.3. The number of ether oxygens (including phenoxy) is 1. The van der Waals surface area contributed by atoms with Crippen molar-refractivity contribution in [3.8, 4) is 0 Å². The first-order chi connectivity index (χ1) is 22.5. The third-order valence-electron chi connectivity index (χ3n) is 7.11. The van der Waals surface area contributed by atoms with Crippen molar-refractivity contribution in [1.29, 1.82) is 0 Å². The summed E-state index contributed by atoms with van der Waals surface area (Å²) in [6.45, 7) is 25.7. The van der Waals surface area contributed by atoms with Crippen molar-refractivity contribution in [3.63, 3.8) is 0 Å². The molecule has 2 aromatic rings. The Balaban J connectivity index is 0.00000118. The van der Waals surface area contributed by atoms with Crippen LogP contribution in [0.2, 0.25) is 0 Å². The average Bonchev–Trinajstić information content (AvgIpc) is 3.50. The lowest BCUT2D eigenvalue weighted by Crippen LogP contribution is -2.26. The van der Waals surface area contributed by atoms with Crippen molar-refractivity contribution in [3.05, 3.63) is 124 Å². The summed E-state index contributed by atoms with van der Waals surface area (Å²) >= 11 is 0. The molecule has 0 aliphatic heterocycles. The molecule has 4 rings (SSSR count). The fourth-order valence-corrected chi connectivity index (χ4v) is 4.87. The summed E-state index contributed by atoms with van der Waals surface area (Å²) < 4.78 is 6.28. The van der Waals surface area contributed by atoms with Crippen LogP contribution < -0.4 is 5.73 Å². The maximum atomic E-state index is 12.5. The molecule has 0 aromatic heterocycles. The Hall–Kier alpha value is -3.79. The zero-order chi connectivity index (χ0) is 35.8. The van der Waals surface area contributed by atoms with Crippen LogP contribution in [0.25, 0.3) is 5.70 Å². The molecule has 0 heterocycles. The maximum Gasteiger partial charge on any atom is 0.196 e. The van der Waals surface area contributed by atoms with Gasteiger partial charge in [0.2, 0.25) is 0 Å². The molecule has 0 saturated carbocycles. The van der Waals surface area contributed by atoms with Gasteiger partial charge in [-0.2, -0.15) is 0 Å². The van der Waals surface area contributed by atoms with E-state index in [2.05, 4.69) is 94.1 Å². The molecule has 0 bridgehead atoms. The van der Waals surface area contributed by atoms with Gasteiger partial charge in [-0.05, 0) is 74.8 Å². The molecular weight excluding hydrogens is 576 g/mol. The van der Waals surface area contributed by atoms with E-state index in [0.29, 0.717) is 12.3 Å². The van der Waals surface area contributed by atoms with Crippen LogP contribution >= 0.6 is 0 Å². The SMILES string of the molecule is C/C=C\C=C(/N)c1ccc(CN(CC)/C(C)=C(\OC2Cc3ccccc3C2)C(C)=O)cc1.CC.CC.CC(C)C.CC1=CCCC=C1. The summed E-state index contributed by atoms with van der Waals surface area (Å²) in [5, 5.41) is 0. The lowest BCUT2D eigenvalue weighted by molar-refractivity contribution is -0.118. The van der Waals surface area contributed by atoms with Gasteiger partial charge < -0.3 is 15.4 Å². The molecule has 2 N–H and O–H groups in total. The van der Waals surface area contributed by atoms with Crippen LogP contribution in [0.3, 0.4) is 0 Å². The van der Waals surface area contributed by atoms with Crippen LogP contribution in [-0.4, -0.2) is 23.3 Å². The van der Waals surface area contributed by atoms with E-state index in [1.165, 1.54) is 29.5 Å². The minimum absolute atomic E-state index is 0.00572. The Morgan fingerprint density at radius 1 is 0.957 bits per heavy atom. The average molecular weight is 643 g/mol. The highest BCUT2D eigenvalue weighted by Gasteiger charge is 2.26. The highest BCUT2D eigenvalue weighted by Crippen LogP contribution is 2.27. The zero-order valence-electron chi connectivity index (χ0n) is 31.8. The van der Waals surface area contributed by atoms with E-state index in [4.69, 9.17) is 10.5 Å². The number of allylic oxidation sites excluding steroid dienone is 9. The Labute approximate surface area is 289 Å². The smallest absolute Gasteiger partial charge is 0.196 e. The Morgan fingerprint density at radius 3 is 1.91 bits per heavy atom. The van der Waals surface area contributed by atoms with Crippen LogP contribution in [-0.2, 0) is 28.9 Å². The minimum Gasteiger partial charge on any atom is -0.484 e. The first-order valence-electron chi connectivity index (χ1n) is 17.8. The topological polar surface area (TPSA) is 55.6 Å². The molecule has 4 heteroatoms. The van der Waals surface area contributed by atoms with Gasteiger partial charge in [0.05, 0.1) is 5.70 Å². The van der Waals surface area contributed by atoms with Gasteiger partial charge in [0, 0.05) is 38.6 Å². The van der Waals surface area contributed by atoms with Gasteiger partial charge in [0.1, 0.15) is 6.10 Å². The van der Waals surface area contributed by atoms with Gasteiger partial charge in [-0.25, -0.2) is 0 Å². The predicted molar refractivity (Wildman–Crippen MR) is 207 cm³/mol. The Kier molecular flexibility index (Phi) is 23.3. The number of nitrogens with zero attached hydrogens (tertiary/aromatic N) is 1. The van der Waals surface area contributed by atoms with Gasteiger partial charge in [-0.3, -0.25) is 4.79 Å². The number of carbonyl (C=O) groups excluding carboxylic acids is 1. The van der Waals surface area contributed by atoms with Crippen molar-refractivity contribution in [2.75, 3.05) is 6.54 Å². The summed E-state index contributed by atoms with van der Waals surface area (Å²) in [5.74, 6) is 1.27. The molecule has 260 valence electrons. The molecule has 0 radical (unpaired) electrons. The van der Waals surface area contributed by atoms with Crippen LogP contribution in [0.15, 0.2) is 102 Å². The van der Waals surface area contributed by atoms with Crippen LogP contribution in [0.1, 0.15) is 118 Å². The van der Waals surface area contributed by atoms with E-state index in [1.807, 2.05) is 71.9 Å². The van der Waals surface area contributed by atoms with E-state index in [9.17, 15) is 4.79 Å². The molecule has 4 nitrogen and oxygen atoms in total. The van der Waals surface area contributed by atoms with Gasteiger partial charge in [-0.1, -0.05) is 133 Å². The standard InChI is InChI=1S/C28H34N2O2.C7H10.C4H10.2C2H6/c1-5-7-12-27(29)23-15-13-22(14-16-23)19-30(6-2)20(3)28(21(4)31)32-26-17-24-10-8-9-11-25(24)18-26;1-7-5-3-2-4-6-7;1-4(2)3;2*1-2/h5,7-16,26H,6,17-19,29H2,1-4H3;3,5-6H,2,4H2,1H3;4H,1-3H3;2*1-2H3/b7-5-,27-12-,28-20-;;;;. The normalized spacial score (nSPS) is 14.1. The van der Waals surface area contributed by atoms with Crippen molar-refractivity contribution < 1.29 is 9.53 Å². The van der Waals surface area contributed by atoms with Crippen molar-refractivity contribution in [2.24, 2.45) is 11.7 Å². The van der Waals surface area contributed by atoms with Gasteiger partial charge in [-0.15, -0.1) is 0 Å². The molecule has 47 heavy (non-hydrogen) atoms. The maximum absolute atomic E-state index is 12.5.